The number of ether oxygens (including phenoxy) is 1. The average molecular weight is 142 g/mol. The largest absolute Gasteiger partial charge is 0.469 e. The Balaban J connectivity index is 3.68. The lowest BCUT2D eigenvalue weighted by Gasteiger charge is -1.92. The van der Waals surface area contributed by atoms with Gasteiger partial charge in [0.15, 0.2) is 5.78 Å². The van der Waals surface area contributed by atoms with Gasteiger partial charge >= 0.3 is 5.97 Å². The maximum Gasteiger partial charge on any atom is 0.313 e. The van der Waals surface area contributed by atoms with Gasteiger partial charge in [-0.3, -0.25) is 9.59 Å². The molecule has 3 nitrogen and oxygen atoms in total. The van der Waals surface area contributed by atoms with Crippen LogP contribution in [-0.4, -0.2) is 18.9 Å². The number of rotatable bonds is 3. The second kappa shape index (κ2) is 4.73. The summed E-state index contributed by atoms with van der Waals surface area (Å²) in [5, 5.41) is 0. The fraction of sp³-hybridized carbons (Fsp3) is 0.429. The van der Waals surface area contributed by atoms with Gasteiger partial charge in [-0.15, -0.1) is 0 Å². The van der Waals surface area contributed by atoms with Crippen LogP contribution in [0.5, 0.6) is 0 Å². The lowest BCUT2D eigenvalue weighted by atomic mass is 10.3. The van der Waals surface area contributed by atoms with Crippen LogP contribution in [0.15, 0.2) is 12.2 Å². The second-order valence-electron chi connectivity index (χ2n) is 1.72. The highest BCUT2D eigenvalue weighted by atomic mass is 16.5. The molecular formula is C7H10O3. The maximum atomic E-state index is 10.6. The summed E-state index contributed by atoms with van der Waals surface area (Å²) in [6.45, 7) is 1.72. The summed E-state index contributed by atoms with van der Waals surface area (Å²) in [7, 11) is 1.26. The lowest BCUT2D eigenvalue weighted by Crippen LogP contribution is -2.06. The third-order valence-corrected chi connectivity index (χ3v) is 0.899. The molecule has 0 aromatic heterocycles. The van der Waals surface area contributed by atoms with E-state index >= 15 is 0 Å². The van der Waals surface area contributed by atoms with Crippen LogP contribution in [0, 0.1) is 0 Å². The van der Waals surface area contributed by atoms with Crippen molar-refractivity contribution >= 4 is 11.8 Å². The van der Waals surface area contributed by atoms with Crippen LogP contribution in [0.1, 0.15) is 13.3 Å². The molecule has 0 radical (unpaired) electrons. The van der Waals surface area contributed by atoms with E-state index in [2.05, 4.69) is 4.74 Å². The molecule has 0 saturated carbocycles. The van der Waals surface area contributed by atoms with Crippen LogP contribution < -0.4 is 0 Å². The third-order valence-electron chi connectivity index (χ3n) is 0.899. The SMILES string of the molecule is CC=CC(=O)CC(=O)OC. The lowest BCUT2D eigenvalue weighted by molar-refractivity contribution is -0.142. The van der Waals surface area contributed by atoms with Crippen molar-refractivity contribution in [3.05, 3.63) is 12.2 Å². The molecule has 0 aromatic carbocycles. The van der Waals surface area contributed by atoms with Gasteiger partial charge in [-0.05, 0) is 13.0 Å². The summed E-state index contributed by atoms with van der Waals surface area (Å²) in [5.74, 6) is -0.725. The molecule has 0 aliphatic rings. The van der Waals surface area contributed by atoms with Crippen molar-refractivity contribution in [2.75, 3.05) is 7.11 Å². The number of esters is 1. The standard InChI is InChI=1S/C7H10O3/c1-3-4-6(8)5-7(9)10-2/h3-4H,5H2,1-2H3. The Kier molecular flexibility index (Phi) is 4.20. The van der Waals surface area contributed by atoms with E-state index in [1.165, 1.54) is 13.2 Å². The van der Waals surface area contributed by atoms with E-state index in [0.717, 1.165) is 0 Å². The van der Waals surface area contributed by atoms with E-state index in [0.29, 0.717) is 0 Å². The van der Waals surface area contributed by atoms with Gasteiger partial charge in [0, 0.05) is 0 Å². The number of carbonyl (C=O) groups is 2. The smallest absolute Gasteiger partial charge is 0.313 e. The van der Waals surface area contributed by atoms with Crippen LogP contribution in [0.2, 0.25) is 0 Å². The minimum absolute atomic E-state index is 0.166. The number of allylic oxidation sites excluding steroid dienone is 2. The van der Waals surface area contributed by atoms with Gasteiger partial charge in [0.1, 0.15) is 6.42 Å². The molecule has 0 aromatic rings. The van der Waals surface area contributed by atoms with Crippen molar-refractivity contribution in [2.24, 2.45) is 0 Å². The topological polar surface area (TPSA) is 43.4 Å². The summed E-state index contributed by atoms with van der Waals surface area (Å²) < 4.78 is 4.27. The van der Waals surface area contributed by atoms with E-state index in [1.807, 2.05) is 0 Å². The molecule has 0 amide bonds. The molecule has 0 spiro atoms. The van der Waals surface area contributed by atoms with Crippen molar-refractivity contribution in [1.29, 1.82) is 0 Å². The van der Waals surface area contributed by atoms with Crippen LogP contribution in [0.25, 0.3) is 0 Å². The van der Waals surface area contributed by atoms with E-state index in [9.17, 15) is 9.59 Å². The van der Waals surface area contributed by atoms with Gasteiger partial charge in [0.2, 0.25) is 0 Å². The fourth-order valence-corrected chi connectivity index (χ4v) is 0.459. The van der Waals surface area contributed by atoms with E-state index in [4.69, 9.17) is 0 Å². The molecule has 3 heteroatoms. The predicted octanol–water partition coefficient (Wildman–Crippen LogP) is 0.695. The zero-order valence-corrected chi connectivity index (χ0v) is 6.09. The molecule has 0 aliphatic heterocycles. The van der Waals surface area contributed by atoms with Crippen LogP contribution in [0.3, 0.4) is 0 Å². The third kappa shape index (κ3) is 3.83. The number of ketones is 1. The zero-order valence-electron chi connectivity index (χ0n) is 6.09. The van der Waals surface area contributed by atoms with Gasteiger partial charge in [-0.25, -0.2) is 0 Å². The summed E-state index contributed by atoms with van der Waals surface area (Å²) in [4.78, 5) is 21.0. The minimum Gasteiger partial charge on any atom is -0.469 e. The monoisotopic (exact) mass is 142 g/mol. The van der Waals surface area contributed by atoms with Crippen molar-refractivity contribution in [1.82, 2.24) is 0 Å². The Bertz CT molecular complexity index is 158. The van der Waals surface area contributed by atoms with E-state index < -0.39 is 5.97 Å². The molecule has 0 rings (SSSR count). The molecule has 56 valence electrons. The van der Waals surface area contributed by atoms with Crippen molar-refractivity contribution in [3.8, 4) is 0 Å². The summed E-state index contributed by atoms with van der Waals surface area (Å²) in [5.41, 5.74) is 0. The molecule has 10 heavy (non-hydrogen) atoms. The van der Waals surface area contributed by atoms with Crippen LogP contribution in [0.4, 0.5) is 0 Å². The molecule has 0 bridgehead atoms. The Morgan fingerprint density at radius 3 is 2.50 bits per heavy atom. The molecule has 0 fully saturated rings. The maximum absolute atomic E-state index is 10.6. The Morgan fingerprint density at radius 1 is 1.50 bits per heavy atom. The Labute approximate surface area is 59.7 Å². The van der Waals surface area contributed by atoms with Crippen molar-refractivity contribution < 1.29 is 14.3 Å². The Hall–Kier alpha value is -1.12. The fourth-order valence-electron chi connectivity index (χ4n) is 0.459. The molecule has 0 N–H and O–H groups in total. The first-order valence-corrected chi connectivity index (χ1v) is 2.93. The first-order chi connectivity index (χ1) is 4.70. The summed E-state index contributed by atoms with van der Waals surface area (Å²) in [6, 6.07) is 0. The molecular weight excluding hydrogens is 132 g/mol. The van der Waals surface area contributed by atoms with Gasteiger partial charge in [-0.1, -0.05) is 6.08 Å². The van der Waals surface area contributed by atoms with Gasteiger partial charge in [0.05, 0.1) is 7.11 Å². The average Bonchev–Trinajstić information content (AvgIpc) is 1.88. The van der Waals surface area contributed by atoms with Crippen molar-refractivity contribution in [2.45, 2.75) is 13.3 Å². The van der Waals surface area contributed by atoms with Crippen molar-refractivity contribution in [3.63, 3.8) is 0 Å². The quantitative estimate of drug-likeness (QED) is 0.331. The second-order valence-corrected chi connectivity index (χ2v) is 1.72. The molecule has 0 heterocycles. The van der Waals surface area contributed by atoms with E-state index in [1.54, 1.807) is 13.0 Å². The van der Waals surface area contributed by atoms with Gasteiger partial charge in [0.25, 0.3) is 0 Å². The van der Waals surface area contributed by atoms with Gasteiger partial charge in [-0.2, -0.15) is 0 Å². The zero-order chi connectivity index (χ0) is 7.98. The molecule has 0 saturated heterocycles. The highest BCUT2D eigenvalue weighted by molar-refractivity contribution is 6.01. The molecule has 0 aliphatic carbocycles. The van der Waals surface area contributed by atoms with Gasteiger partial charge < -0.3 is 4.74 Å². The summed E-state index contributed by atoms with van der Waals surface area (Å²) in [6.07, 6.45) is 2.77. The number of hydrogen-bond donors (Lipinski definition) is 0. The summed E-state index contributed by atoms with van der Waals surface area (Å²) >= 11 is 0. The normalized spacial score (nSPS) is 9.80. The predicted molar refractivity (Wildman–Crippen MR) is 36.5 cm³/mol. The highest BCUT2D eigenvalue weighted by Gasteiger charge is 2.04. The first-order valence-electron chi connectivity index (χ1n) is 2.93. The van der Waals surface area contributed by atoms with Crippen LogP contribution >= 0.6 is 0 Å². The minimum atomic E-state index is -0.497. The molecule has 0 atom stereocenters. The molecule has 0 unspecified atom stereocenters. The highest BCUT2D eigenvalue weighted by Crippen LogP contribution is 1.87. The first kappa shape index (κ1) is 8.88. The van der Waals surface area contributed by atoms with Crippen LogP contribution in [-0.2, 0) is 14.3 Å². The number of hydrogen-bond acceptors (Lipinski definition) is 3. The number of methoxy groups -OCH3 is 1. The Morgan fingerprint density at radius 2 is 2.10 bits per heavy atom. The number of carbonyl (C=O) groups excluding carboxylic acids is 2. The van der Waals surface area contributed by atoms with E-state index in [-0.39, 0.29) is 12.2 Å².